The lowest BCUT2D eigenvalue weighted by Crippen LogP contribution is -2.00. The van der Waals surface area contributed by atoms with Crippen LogP contribution >= 0.6 is 0 Å². The summed E-state index contributed by atoms with van der Waals surface area (Å²) >= 11 is 0. The summed E-state index contributed by atoms with van der Waals surface area (Å²) < 4.78 is 10.3. The number of carbonyl (C=O) groups excluding carboxylic acids is 1. The molecule has 5 N–H and O–H groups in total. The second-order valence-electron chi connectivity index (χ2n) is 6.16. The van der Waals surface area contributed by atoms with E-state index in [1.807, 2.05) is 0 Å². The maximum absolute atomic E-state index is 11.0. The van der Waals surface area contributed by atoms with E-state index in [0.29, 0.717) is 5.56 Å². The van der Waals surface area contributed by atoms with Gasteiger partial charge in [0.2, 0.25) is 11.5 Å². The van der Waals surface area contributed by atoms with E-state index in [2.05, 4.69) is 0 Å². The second-order valence-corrected chi connectivity index (χ2v) is 6.16. The first-order valence-electron chi connectivity index (χ1n) is 8.12. The van der Waals surface area contributed by atoms with Crippen molar-refractivity contribution >= 4 is 27.9 Å². The maximum atomic E-state index is 11.0. The number of furan rings is 1. The highest BCUT2D eigenvalue weighted by molar-refractivity contribution is 6.15. The highest BCUT2D eigenvalue weighted by Gasteiger charge is 2.26. The zero-order chi connectivity index (χ0) is 20.2. The number of aromatic hydroxyl groups is 5. The molecular formula is C20H14O8. The Morgan fingerprint density at radius 1 is 0.821 bits per heavy atom. The number of esters is 1. The minimum absolute atomic E-state index is 0.0552. The van der Waals surface area contributed by atoms with E-state index in [1.165, 1.54) is 43.3 Å². The van der Waals surface area contributed by atoms with Crippen LogP contribution in [0.5, 0.6) is 34.5 Å². The molecule has 0 unspecified atom stereocenters. The molecule has 4 aromatic rings. The smallest absolute Gasteiger partial charge is 0.308 e. The van der Waals surface area contributed by atoms with Crippen molar-refractivity contribution < 1.29 is 39.5 Å². The fraction of sp³-hybridized carbons (Fsp3) is 0.0500. The Morgan fingerprint density at radius 3 is 2.14 bits per heavy atom. The molecule has 1 heterocycles. The van der Waals surface area contributed by atoms with E-state index >= 15 is 0 Å². The van der Waals surface area contributed by atoms with Crippen LogP contribution in [0.25, 0.3) is 33.1 Å². The summed E-state index contributed by atoms with van der Waals surface area (Å²) in [6.07, 6.45) is 0. The first-order valence-corrected chi connectivity index (χ1v) is 8.12. The Bertz CT molecular complexity index is 1250. The van der Waals surface area contributed by atoms with E-state index in [1.54, 1.807) is 0 Å². The second kappa shape index (κ2) is 5.98. The number of carbonyl (C=O) groups is 1. The van der Waals surface area contributed by atoms with Crippen molar-refractivity contribution in [2.24, 2.45) is 0 Å². The molecule has 0 saturated carbocycles. The number of fused-ring (bicyclic) bond motifs is 3. The topological polar surface area (TPSA) is 141 Å². The molecule has 0 aliphatic rings. The van der Waals surface area contributed by atoms with Crippen LogP contribution in [-0.4, -0.2) is 31.5 Å². The molecule has 0 aliphatic heterocycles. The Kier molecular flexibility index (Phi) is 3.71. The summed E-state index contributed by atoms with van der Waals surface area (Å²) in [5.74, 6) is -2.88. The SMILES string of the molecule is CC(=O)Oc1ccc(-c2c(O)c(O)c3oc4c(O)c(O)ccc4c3c2O)cc1. The Balaban J connectivity index is 2.01. The van der Waals surface area contributed by atoms with Crippen LogP contribution in [0.3, 0.4) is 0 Å². The molecule has 142 valence electrons. The number of rotatable bonds is 2. The highest BCUT2D eigenvalue weighted by atomic mass is 16.5. The van der Waals surface area contributed by atoms with Gasteiger partial charge in [-0.25, -0.2) is 0 Å². The van der Waals surface area contributed by atoms with Gasteiger partial charge in [-0.15, -0.1) is 0 Å². The van der Waals surface area contributed by atoms with Gasteiger partial charge < -0.3 is 34.7 Å². The fourth-order valence-electron chi connectivity index (χ4n) is 3.13. The van der Waals surface area contributed by atoms with E-state index in [-0.39, 0.29) is 33.3 Å². The van der Waals surface area contributed by atoms with Gasteiger partial charge in [0.15, 0.2) is 22.7 Å². The summed E-state index contributed by atoms with van der Waals surface area (Å²) in [6.45, 7) is 1.26. The van der Waals surface area contributed by atoms with E-state index < -0.39 is 34.7 Å². The van der Waals surface area contributed by atoms with Crippen LogP contribution in [0, 0.1) is 0 Å². The van der Waals surface area contributed by atoms with E-state index in [4.69, 9.17) is 9.15 Å². The predicted octanol–water partition coefficient (Wildman–Crippen LogP) is 3.71. The number of phenols is 5. The van der Waals surface area contributed by atoms with Crippen molar-refractivity contribution in [3.63, 3.8) is 0 Å². The maximum Gasteiger partial charge on any atom is 0.308 e. The van der Waals surface area contributed by atoms with Gasteiger partial charge in [-0.2, -0.15) is 0 Å². The predicted molar refractivity (Wildman–Crippen MR) is 98.8 cm³/mol. The molecule has 0 atom stereocenters. The lowest BCUT2D eigenvalue weighted by Gasteiger charge is -2.11. The Morgan fingerprint density at radius 2 is 1.50 bits per heavy atom. The summed E-state index contributed by atoms with van der Waals surface area (Å²) in [5.41, 5.74) is -0.136. The molecule has 8 nitrogen and oxygen atoms in total. The average molecular weight is 382 g/mol. The average Bonchev–Trinajstić information content (AvgIpc) is 3.05. The van der Waals surface area contributed by atoms with Crippen molar-refractivity contribution in [2.45, 2.75) is 6.92 Å². The van der Waals surface area contributed by atoms with Crippen LogP contribution in [0.4, 0.5) is 0 Å². The molecule has 0 radical (unpaired) electrons. The van der Waals surface area contributed by atoms with Gasteiger partial charge in [0.25, 0.3) is 0 Å². The van der Waals surface area contributed by atoms with Gasteiger partial charge in [0, 0.05) is 12.3 Å². The van der Waals surface area contributed by atoms with Gasteiger partial charge in [0.05, 0.1) is 10.9 Å². The molecule has 0 saturated heterocycles. The summed E-state index contributed by atoms with van der Waals surface area (Å²) in [4.78, 5) is 11.0. The number of phenolic OH excluding ortho intramolecular Hbond substituents is 5. The van der Waals surface area contributed by atoms with Gasteiger partial charge in [-0.05, 0) is 29.8 Å². The third-order valence-electron chi connectivity index (χ3n) is 4.37. The van der Waals surface area contributed by atoms with Crippen LogP contribution in [-0.2, 0) is 4.79 Å². The van der Waals surface area contributed by atoms with Crippen molar-refractivity contribution in [1.29, 1.82) is 0 Å². The molecule has 3 aromatic carbocycles. The zero-order valence-electron chi connectivity index (χ0n) is 14.4. The molecule has 0 fully saturated rings. The summed E-state index contributed by atoms with van der Waals surface area (Å²) in [7, 11) is 0. The fourth-order valence-corrected chi connectivity index (χ4v) is 3.13. The van der Waals surface area contributed by atoms with Crippen LogP contribution in [0.1, 0.15) is 6.92 Å². The number of hydrogen-bond donors (Lipinski definition) is 5. The van der Waals surface area contributed by atoms with Crippen molar-refractivity contribution in [3.05, 3.63) is 36.4 Å². The number of ether oxygens (including phenoxy) is 1. The minimum Gasteiger partial charge on any atom is -0.506 e. The van der Waals surface area contributed by atoms with Gasteiger partial charge in [0.1, 0.15) is 11.5 Å². The largest absolute Gasteiger partial charge is 0.506 e. The van der Waals surface area contributed by atoms with Gasteiger partial charge in [-0.3, -0.25) is 4.79 Å². The molecule has 4 rings (SSSR count). The van der Waals surface area contributed by atoms with Crippen molar-refractivity contribution in [3.8, 4) is 45.6 Å². The lowest BCUT2D eigenvalue weighted by molar-refractivity contribution is -0.131. The van der Waals surface area contributed by atoms with Crippen LogP contribution < -0.4 is 4.74 Å². The molecule has 0 bridgehead atoms. The number of benzene rings is 3. The van der Waals surface area contributed by atoms with Crippen LogP contribution in [0.15, 0.2) is 40.8 Å². The quantitative estimate of drug-likeness (QED) is 0.153. The monoisotopic (exact) mass is 382 g/mol. The lowest BCUT2D eigenvalue weighted by atomic mass is 9.99. The third-order valence-corrected chi connectivity index (χ3v) is 4.37. The molecular weight excluding hydrogens is 368 g/mol. The van der Waals surface area contributed by atoms with E-state index in [0.717, 1.165) is 0 Å². The Labute approximate surface area is 157 Å². The van der Waals surface area contributed by atoms with Crippen molar-refractivity contribution in [2.75, 3.05) is 0 Å². The van der Waals surface area contributed by atoms with Crippen molar-refractivity contribution in [1.82, 2.24) is 0 Å². The molecule has 1 aromatic heterocycles. The molecule has 0 amide bonds. The Hall–Kier alpha value is -4.07. The summed E-state index contributed by atoms with van der Waals surface area (Å²) in [6, 6.07) is 8.53. The standard InChI is InChI=1S/C20H14O8/c1-8(21)27-10-4-2-9(3-5-10)13-16(24)14-11-6-7-12(22)15(23)19(11)28-20(14)18(26)17(13)25/h2-7,22-26H,1H3. The first-order chi connectivity index (χ1) is 13.3. The summed E-state index contributed by atoms with van der Waals surface area (Å²) in [5, 5.41) is 51.5. The zero-order valence-corrected chi connectivity index (χ0v) is 14.4. The number of hydrogen-bond acceptors (Lipinski definition) is 8. The first kappa shape index (κ1) is 17.3. The van der Waals surface area contributed by atoms with E-state index in [9.17, 15) is 30.3 Å². The highest BCUT2D eigenvalue weighted by Crippen LogP contribution is 2.53. The van der Waals surface area contributed by atoms with Gasteiger partial charge >= 0.3 is 5.97 Å². The minimum atomic E-state index is -0.637. The third kappa shape index (κ3) is 2.43. The normalized spacial score (nSPS) is 11.2. The van der Waals surface area contributed by atoms with Gasteiger partial charge in [-0.1, -0.05) is 12.1 Å². The molecule has 0 aliphatic carbocycles. The molecule has 8 heteroatoms. The molecule has 28 heavy (non-hydrogen) atoms. The molecule has 0 spiro atoms. The van der Waals surface area contributed by atoms with Crippen LogP contribution in [0.2, 0.25) is 0 Å².